The lowest BCUT2D eigenvalue weighted by atomic mass is 9.88. The summed E-state index contributed by atoms with van der Waals surface area (Å²) in [5, 5.41) is 4.08. The van der Waals surface area contributed by atoms with E-state index in [2.05, 4.69) is 33.4 Å². The van der Waals surface area contributed by atoms with Gasteiger partial charge in [-0.2, -0.15) is 0 Å². The predicted molar refractivity (Wildman–Crippen MR) is 139 cm³/mol. The Morgan fingerprint density at radius 3 is 2.72 bits per heavy atom. The Balaban J connectivity index is 1.01. The third-order valence-corrected chi connectivity index (χ3v) is 7.82. The lowest BCUT2D eigenvalue weighted by molar-refractivity contribution is 0.0101. The zero-order valence-electron chi connectivity index (χ0n) is 20.0. The molecule has 2 aromatic carbocycles. The molecule has 0 radical (unpaired) electrons. The first kappa shape index (κ1) is 23.1. The number of hydrogen-bond acceptors (Lipinski definition) is 6. The van der Waals surface area contributed by atoms with E-state index in [4.69, 9.17) is 21.1 Å². The minimum atomic E-state index is -0.220. The second kappa shape index (κ2) is 9.99. The van der Waals surface area contributed by atoms with Crippen LogP contribution in [0.5, 0.6) is 5.75 Å². The van der Waals surface area contributed by atoms with Crippen LogP contribution in [0.3, 0.4) is 0 Å². The molecule has 186 valence electrons. The first-order chi connectivity index (χ1) is 17.6. The van der Waals surface area contributed by atoms with Gasteiger partial charge in [0, 0.05) is 25.3 Å². The number of piperidine rings is 1. The third kappa shape index (κ3) is 4.73. The molecule has 1 N–H and O–H groups in total. The van der Waals surface area contributed by atoms with E-state index >= 15 is 0 Å². The Morgan fingerprint density at radius 1 is 1.11 bits per heavy atom. The summed E-state index contributed by atoms with van der Waals surface area (Å²) in [6.07, 6.45) is 3.68. The zero-order chi connectivity index (χ0) is 24.5. The van der Waals surface area contributed by atoms with Crippen molar-refractivity contribution in [2.24, 2.45) is 0 Å². The minimum absolute atomic E-state index is 0.220. The Bertz CT molecular complexity index is 1240. The summed E-state index contributed by atoms with van der Waals surface area (Å²) in [6, 6.07) is 18.4. The fraction of sp³-hybridized carbons (Fsp3) is 0.357. The molecule has 0 atom stereocenters. The average molecular weight is 505 g/mol. The first-order valence-corrected chi connectivity index (χ1v) is 12.9. The molecular formula is C28H29ClN4O3. The van der Waals surface area contributed by atoms with Gasteiger partial charge >= 0.3 is 6.09 Å². The fourth-order valence-corrected chi connectivity index (χ4v) is 5.46. The number of fused-ring (bicyclic) bond motifs is 2. The van der Waals surface area contributed by atoms with Crippen LogP contribution in [0.4, 0.5) is 16.3 Å². The first-order valence-electron chi connectivity index (χ1n) is 12.5. The van der Waals surface area contributed by atoms with Crippen molar-refractivity contribution in [3.05, 3.63) is 82.5 Å². The molecule has 0 saturated carbocycles. The van der Waals surface area contributed by atoms with E-state index in [0.717, 1.165) is 67.4 Å². The van der Waals surface area contributed by atoms with Crippen molar-refractivity contribution in [3.8, 4) is 5.75 Å². The highest BCUT2D eigenvalue weighted by Gasteiger charge is 2.37. The Morgan fingerprint density at radius 2 is 1.92 bits per heavy atom. The lowest BCUT2D eigenvalue weighted by Gasteiger charge is -2.47. The number of nitrogens with one attached hydrogen (secondary N) is 1. The molecule has 0 unspecified atom stereocenters. The number of aromatic nitrogens is 1. The molecule has 36 heavy (non-hydrogen) atoms. The second-order valence-electron chi connectivity index (χ2n) is 9.70. The fourth-order valence-electron chi connectivity index (χ4n) is 5.26. The quantitative estimate of drug-likeness (QED) is 0.501. The van der Waals surface area contributed by atoms with E-state index in [1.807, 2.05) is 30.3 Å². The van der Waals surface area contributed by atoms with Crippen LogP contribution >= 0.6 is 11.6 Å². The maximum absolute atomic E-state index is 12.4. The largest absolute Gasteiger partial charge is 0.487 e. The normalized spacial score (nSPS) is 18.2. The van der Waals surface area contributed by atoms with Crippen LogP contribution < -0.4 is 10.1 Å². The van der Waals surface area contributed by atoms with Crippen molar-refractivity contribution < 1.29 is 14.3 Å². The van der Waals surface area contributed by atoms with E-state index in [0.29, 0.717) is 30.2 Å². The van der Waals surface area contributed by atoms with E-state index in [-0.39, 0.29) is 6.09 Å². The van der Waals surface area contributed by atoms with E-state index in [1.54, 1.807) is 17.2 Å². The van der Waals surface area contributed by atoms with Gasteiger partial charge in [-0.15, -0.1) is 0 Å². The number of pyridine rings is 1. The highest BCUT2D eigenvalue weighted by Crippen LogP contribution is 2.39. The van der Waals surface area contributed by atoms with Gasteiger partial charge in [0.15, 0.2) is 0 Å². The van der Waals surface area contributed by atoms with Crippen LogP contribution in [0, 0.1) is 0 Å². The molecule has 2 saturated heterocycles. The number of carbonyl (C=O) groups excluding carboxylic acids is 1. The van der Waals surface area contributed by atoms with Gasteiger partial charge in [0.25, 0.3) is 0 Å². The molecule has 0 bridgehead atoms. The maximum Gasteiger partial charge on any atom is 0.410 e. The number of rotatable bonds is 4. The summed E-state index contributed by atoms with van der Waals surface area (Å²) in [6.45, 7) is 4.27. The van der Waals surface area contributed by atoms with Gasteiger partial charge in [0.2, 0.25) is 0 Å². The summed E-state index contributed by atoms with van der Waals surface area (Å²) in [5.74, 6) is 2.07. The monoisotopic (exact) mass is 504 g/mol. The number of amides is 1. The van der Waals surface area contributed by atoms with Crippen molar-refractivity contribution >= 4 is 29.2 Å². The number of benzene rings is 2. The molecule has 6 rings (SSSR count). The van der Waals surface area contributed by atoms with Crippen molar-refractivity contribution in [3.63, 3.8) is 0 Å². The van der Waals surface area contributed by atoms with Gasteiger partial charge in [-0.1, -0.05) is 48.0 Å². The molecule has 3 aromatic rings. The van der Waals surface area contributed by atoms with E-state index < -0.39 is 0 Å². The van der Waals surface area contributed by atoms with Crippen LogP contribution in [0.25, 0.3) is 0 Å². The predicted octanol–water partition coefficient (Wildman–Crippen LogP) is 5.57. The number of hydrogen-bond donors (Lipinski definition) is 1. The Kier molecular flexibility index (Phi) is 6.42. The molecule has 3 aliphatic heterocycles. The molecule has 0 spiro atoms. The number of halogens is 1. The van der Waals surface area contributed by atoms with Crippen LogP contribution in [-0.4, -0.2) is 53.1 Å². The van der Waals surface area contributed by atoms with Gasteiger partial charge in [0.05, 0.1) is 16.3 Å². The Hall–Kier alpha value is -3.29. The number of carbonyl (C=O) groups is 1. The molecular weight excluding hydrogens is 476 g/mol. The second-order valence-corrected chi connectivity index (χ2v) is 10.1. The summed E-state index contributed by atoms with van der Waals surface area (Å²) >= 11 is 6.34. The highest BCUT2D eigenvalue weighted by atomic mass is 35.5. The molecule has 4 heterocycles. The number of likely N-dealkylation sites (tertiary alicyclic amines) is 2. The summed E-state index contributed by atoms with van der Waals surface area (Å²) in [7, 11) is 0. The molecule has 8 heteroatoms. The third-order valence-electron chi connectivity index (χ3n) is 7.47. The molecule has 1 aromatic heterocycles. The Labute approximate surface area is 216 Å². The standard InChI is InChI=1S/C28H29ClN4O3/c29-24-8-11-30-27-23(24)18-35-26-7-6-21(14-25(26)31-27)20-9-12-32(13-10-20)22-15-33(16-22)28(34)36-17-19-4-2-1-3-5-19/h1-8,11,14,20,22H,9-10,12-13,15-18H2,(H,30,31). The minimum Gasteiger partial charge on any atom is -0.487 e. The lowest BCUT2D eigenvalue weighted by Crippen LogP contribution is -2.62. The van der Waals surface area contributed by atoms with Gasteiger partial charge < -0.3 is 19.7 Å². The van der Waals surface area contributed by atoms with Gasteiger partial charge in [-0.25, -0.2) is 9.78 Å². The molecule has 2 fully saturated rings. The number of anilines is 2. The van der Waals surface area contributed by atoms with Gasteiger partial charge in [-0.3, -0.25) is 4.90 Å². The van der Waals surface area contributed by atoms with E-state index in [9.17, 15) is 4.79 Å². The van der Waals surface area contributed by atoms with Crippen molar-refractivity contribution in [2.75, 3.05) is 31.5 Å². The van der Waals surface area contributed by atoms with E-state index in [1.165, 1.54) is 5.56 Å². The highest BCUT2D eigenvalue weighted by molar-refractivity contribution is 6.31. The molecule has 1 amide bonds. The van der Waals surface area contributed by atoms with Crippen LogP contribution in [0.15, 0.2) is 60.8 Å². The van der Waals surface area contributed by atoms with Crippen molar-refractivity contribution in [2.45, 2.75) is 38.0 Å². The number of nitrogens with zero attached hydrogens (tertiary/aromatic N) is 3. The topological polar surface area (TPSA) is 66.9 Å². The van der Waals surface area contributed by atoms with Crippen LogP contribution in [0.2, 0.25) is 5.02 Å². The van der Waals surface area contributed by atoms with Crippen molar-refractivity contribution in [1.82, 2.24) is 14.8 Å². The molecule has 7 nitrogen and oxygen atoms in total. The zero-order valence-corrected chi connectivity index (χ0v) is 20.8. The average Bonchev–Trinajstić information content (AvgIpc) is 3.07. The smallest absolute Gasteiger partial charge is 0.410 e. The summed E-state index contributed by atoms with van der Waals surface area (Å²) < 4.78 is 11.5. The summed E-state index contributed by atoms with van der Waals surface area (Å²) in [4.78, 5) is 21.1. The van der Waals surface area contributed by atoms with Gasteiger partial charge in [-0.05, 0) is 61.2 Å². The summed E-state index contributed by atoms with van der Waals surface area (Å²) in [5.41, 5.74) is 4.14. The number of ether oxygens (including phenoxy) is 2. The van der Waals surface area contributed by atoms with Gasteiger partial charge in [0.1, 0.15) is 24.8 Å². The van der Waals surface area contributed by atoms with Crippen LogP contribution in [0.1, 0.15) is 35.4 Å². The maximum atomic E-state index is 12.4. The van der Waals surface area contributed by atoms with Crippen molar-refractivity contribution in [1.29, 1.82) is 0 Å². The molecule has 3 aliphatic rings. The SMILES string of the molecule is O=C(OCc1ccccc1)N1CC(N2CCC(c3ccc4c(c3)Nc3nccc(Cl)c3CO4)CC2)C1. The molecule has 0 aliphatic carbocycles. The van der Waals surface area contributed by atoms with Crippen LogP contribution in [-0.2, 0) is 18.0 Å².